The van der Waals surface area contributed by atoms with Crippen LogP contribution in [0.1, 0.15) is 36.5 Å². The summed E-state index contributed by atoms with van der Waals surface area (Å²) in [6.07, 6.45) is 0.672. The third kappa shape index (κ3) is 4.20. The zero-order valence-corrected chi connectivity index (χ0v) is 14.7. The lowest BCUT2D eigenvalue weighted by Crippen LogP contribution is -2.28. The Bertz CT molecular complexity index is 889. The molecule has 138 valence electrons. The summed E-state index contributed by atoms with van der Waals surface area (Å²) in [5.74, 6) is -0.855. The zero-order valence-electron chi connectivity index (χ0n) is 14.7. The second-order valence-corrected chi connectivity index (χ2v) is 5.98. The van der Waals surface area contributed by atoms with E-state index < -0.39 is 0 Å². The third-order valence-corrected chi connectivity index (χ3v) is 4.05. The zero-order chi connectivity index (χ0) is 19.4. The van der Waals surface area contributed by atoms with Gasteiger partial charge in [0.2, 0.25) is 11.8 Å². The number of carbonyl (C=O) groups is 4. The molecule has 2 aromatic carbocycles. The van der Waals surface area contributed by atoms with E-state index in [0.717, 1.165) is 4.90 Å². The molecule has 0 unspecified atom stereocenters. The van der Waals surface area contributed by atoms with Crippen molar-refractivity contribution in [1.29, 1.82) is 0 Å². The summed E-state index contributed by atoms with van der Waals surface area (Å²) < 4.78 is 5.12. The summed E-state index contributed by atoms with van der Waals surface area (Å²) in [4.78, 5) is 48.4. The van der Waals surface area contributed by atoms with E-state index in [0.29, 0.717) is 22.7 Å². The average Bonchev–Trinajstić information content (AvgIpc) is 3.00. The van der Waals surface area contributed by atoms with Crippen molar-refractivity contribution >= 4 is 35.1 Å². The minimum atomic E-state index is -0.361. The molecule has 0 saturated carbocycles. The fourth-order valence-electron chi connectivity index (χ4n) is 2.67. The summed E-state index contributed by atoms with van der Waals surface area (Å²) in [6, 6.07) is 12.8. The summed E-state index contributed by atoms with van der Waals surface area (Å²) in [6.45, 7) is 1.70. The van der Waals surface area contributed by atoms with Crippen LogP contribution in [0, 0.1) is 0 Å². The van der Waals surface area contributed by atoms with Crippen LogP contribution >= 0.6 is 0 Å². The van der Waals surface area contributed by atoms with Gasteiger partial charge in [0.25, 0.3) is 5.91 Å². The van der Waals surface area contributed by atoms with Crippen LogP contribution in [0.15, 0.2) is 48.5 Å². The van der Waals surface area contributed by atoms with E-state index in [1.54, 1.807) is 55.5 Å². The number of amides is 3. The molecule has 7 nitrogen and oxygen atoms in total. The minimum Gasteiger partial charge on any atom is -0.426 e. The lowest BCUT2D eigenvalue weighted by atomic mass is 10.1. The molecule has 0 aromatic heterocycles. The Kier molecular flexibility index (Phi) is 5.30. The molecule has 1 aliphatic rings. The molecular formula is C20H18N2O5. The van der Waals surface area contributed by atoms with E-state index >= 15 is 0 Å². The fourth-order valence-corrected chi connectivity index (χ4v) is 2.67. The highest BCUT2D eigenvalue weighted by Crippen LogP contribution is 2.23. The Hall–Kier alpha value is -3.48. The normalized spacial score (nSPS) is 13.6. The van der Waals surface area contributed by atoms with Gasteiger partial charge < -0.3 is 10.1 Å². The van der Waals surface area contributed by atoms with Crippen molar-refractivity contribution in [2.24, 2.45) is 0 Å². The van der Waals surface area contributed by atoms with Gasteiger partial charge in [0, 0.05) is 36.6 Å². The first-order chi connectivity index (χ1) is 13.0. The van der Waals surface area contributed by atoms with E-state index in [4.69, 9.17) is 4.74 Å². The number of ether oxygens (including phenoxy) is 1. The highest BCUT2D eigenvalue weighted by atomic mass is 16.5. The quantitative estimate of drug-likeness (QED) is 0.499. The lowest BCUT2D eigenvalue weighted by Gasteiger charge is -2.14. The SMILES string of the molecule is CCC(=O)Oc1cccc(NC(=O)c2ccc(N3C(=O)CCC3=O)cc2)c1. The molecule has 0 spiro atoms. The van der Waals surface area contributed by atoms with E-state index in [1.807, 2.05) is 0 Å². The van der Waals surface area contributed by atoms with Gasteiger partial charge in [-0.1, -0.05) is 13.0 Å². The number of anilines is 2. The second-order valence-electron chi connectivity index (χ2n) is 5.98. The number of nitrogens with zero attached hydrogens (tertiary/aromatic N) is 1. The van der Waals surface area contributed by atoms with Gasteiger partial charge in [-0.3, -0.25) is 24.1 Å². The monoisotopic (exact) mass is 366 g/mol. The Labute approximate surface area is 155 Å². The van der Waals surface area contributed by atoms with Crippen LogP contribution in [0.4, 0.5) is 11.4 Å². The minimum absolute atomic E-state index is 0.208. The van der Waals surface area contributed by atoms with Crippen molar-refractivity contribution in [3.63, 3.8) is 0 Å². The van der Waals surface area contributed by atoms with E-state index in [1.165, 1.54) is 0 Å². The molecule has 0 radical (unpaired) electrons. The molecule has 1 N–H and O–H groups in total. The van der Waals surface area contributed by atoms with Crippen LogP contribution in [-0.4, -0.2) is 23.7 Å². The molecule has 0 bridgehead atoms. The van der Waals surface area contributed by atoms with Gasteiger partial charge in [0.1, 0.15) is 5.75 Å². The smallest absolute Gasteiger partial charge is 0.310 e. The largest absolute Gasteiger partial charge is 0.426 e. The maximum atomic E-state index is 12.4. The summed E-state index contributed by atoms with van der Waals surface area (Å²) in [5.41, 5.74) is 1.30. The number of esters is 1. The first-order valence-electron chi connectivity index (χ1n) is 8.56. The molecule has 0 aliphatic carbocycles. The Morgan fingerprint density at radius 1 is 1.04 bits per heavy atom. The number of hydrogen-bond donors (Lipinski definition) is 1. The summed E-state index contributed by atoms with van der Waals surface area (Å²) in [7, 11) is 0. The van der Waals surface area contributed by atoms with Crippen LogP contribution < -0.4 is 15.0 Å². The standard InChI is InChI=1S/C20H18N2O5/c1-2-19(25)27-16-5-3-4-14(12-16)21-20(26)13-6-8-15(9-7-13)22-17(23)10-11-18(22)24/h3-9,12H,2,10-11H2,1H3,(H,21,26). The Morgan fingerprint density at radius 3 is 2.33 bits per heavy atom. The van der Waals surface area contributed by atoms with E-state index in [9.17, 15) is 19.2 Å². The fraction of sp³-hybridized carbons (Fsp3) is 0.200. The summed E-state index contributed by atoms with van der Waals surface area (Å²) in [5, 5.41) is 2.72. The van der Waals surface area contributed by atoms with Crippen molar-refractivity contribution < 1.29 is 23.9 Å². The number of hydrogen-bond acceptors (Lipinski definition) is 5. The van der Waals surface area contributed by atoms with Crippen molar-refractivity contribution in [2.75, 3.05) is 10.2 Å². The van der Waals surface area contributed by atoms with Gasteiger partial charge in [-0.05, 0) is 36.4 Å². The second kappa shape index (κ2) is 7.82. The molecule has 27 heavy (non-hydrogen) atoms. The highest BCUT2D eigenvalue weighted by molar-refractivity contribution is 6.20. The van der Waals surface area contributed by atoms with Gasteiger partial charge >= 0.3 is 5.97 Å². The van der Waals surface area contributed by atoms with Crippen LogP contribution in [-0.2, 0) is 14.4 Å². The molecule has 0 atom stereocenters. The number of benzene rings is 2. The van der Waals surface area contributed by atoms with Gasteiger partial charge in [-0.15, -0.1) is 0 Å². The van der Waals surface area contributed by atoms with Crippen molar-refractivity contribution in [3.05, 3.63) is 54.1 Å². The van der Waals surface area contributed by atoms with E-state index in [2.05, 4.69) is 5.32 Å². The third-order valence-electron chi connectivity index (χ3n) is 4.05. The van der Waals surface area contributed by atoms with Crippen molar-refractivity contribution in [3.8, 4) is 5.75 Å². The molecule has 3 rings (SSSR count). The first-order valence-corrected chi connectivity index (χ1v) is 8.56. The Balaban J connectivity index is 1.70. The highest BCUT2D eigenvalue weighted by Gasteiger charge is 2.30. The number of rotatable bonds is 5. The number of nitrogens with one attached hydrogen (secondary N) is 1. The number of imide groups is 1. The maximum absolute atomic E-state index is 12.4. The van der Waals surface area contributed by atoms with E-state index in [-0.39, 0.29) is 43.0 Å². The lowest BCUT2D eigenvalue weighted by molar-refractivity contribution is -0.134. The van der Waals surface area contributed by atoms with Gasteiger partial charge in [-0.2, -0.15) is 0 Å². The van der Waals surface area contributed by atoms with Gasteiger partial charge in [-0.25, -0.2) is 0 Å². The molecule has 1 fully saturated rings. The summed E-state index contributed by atoms with van der Waals surface area (Å²) >= 11 is 0. The predicted octanol–water partition coefficient (Wildman–Crippen LogP) is 2.91. The molecular weight excluding hydrogens is 348 g/mol. The van der Waals surface area contributed by atoms with Crippen LogP contribution in [0.5, 0.6) is 5.75 Å². The van der Waals surface area contributed by atoms with Gasteiger partial charge in [0.05, 0.1) is 5.69 Å². The van der Waals surface area contributed by atoms with Crippen LogP contribution in [0.2, 0.25) is 0 Å². The maximum Gasteiger partial charge on any atom is 0.310 e. The average molecular weight is 366 g/mol. The molecule has 3 amide bonds. The van der Waals surface area contributed by atoms with Gasteiger partial charge in [0.15, 0.2) is 0 Å². The van der Waals surface area contributed by atoms with Crippen molar-refractivity contribution in [2.45, 2.75) is 26.2 Å². The molecule has 1 saturated heterocycles. The molecule has 2 aromatic rings. The number of carbonyl (C=O) groups excluding carboxylic acids is 4. The first kappa shape index (κ1) is 18.3. The Morgan fingerprint density at radius 2 is 1.70 bits per heavy atom. The predicted molar refractivity (Wildman–Crippen MR) is 98.5 cm³/mol. The van der Waals surface area contributed by atoms with Crippen LogP contribution in [0.3, 0.4) is 0 Å². The molecule has 1 aliphatic heterocycles. The molecule has 1 heterocycles. The van der Waals surface area contributed by atoms with Crippen molar-refractivity contribution in [1.82, 2.24) is 0 Å². The molecule has 7 heteroatoms. The van der Waals surface area contributed by atoms with Crippen LogP contribution in [0.25, 0.3) is 0 Å². The topological polar surface area (TPSA) is 92.8 Å².